The van der Waals surface area contributed by atoms with Crippen molar-refractivity contribution in [3.63, 3.8) is 0 Å². The van der Waals surface area contributed by atoms with Crippen molar-refractivity contribution in [2.45, 2.75) is 58.8 Å². The smallest absolute Gasteiger partial charge is 0.354 e. The maximum Gasteiger partial charge on any atom is 0.417 e. The molecule has 38 heavy (non-hydrogen) atoms. The maximum atomic E-state index is 13.7. The summed E-state index contributed by atoms with van der Waals surface area (Å²) in [6, 6.07) is 8.95. The molecule has 0 aliphatic heterocycles. The van der Waals surface area contributed by atoms with Crippen LogP contribution < -0.4 is 9.62 Å². The van der Waals surface area contributed by atoms with Crippen LogP contribution in [0.3, 0.4) is 0 Å². The first-order valence-corrected chi connectivity index (χ1v) is 14.4. The highest BCUT2D eigenvalue weighted by molar-refractivity contribution is 7.92. The Labute approximate surface area is 227 Å². The number of nitrogens with one attached hydrogen (secondary N) is 1. The van der Waals surface area contributed by atoms with Crippen molar-refractivity contribution >= 4 is 39.1 Å². The molecule has 0 heterocycles. The first-order valence-electron chi connectivity index (χ1n) is 12.2. The quantitative estimate of drug-likeness (QED) is 0.354. The zero-order chi connectivity index (χ0) is 28.7. The van der Waals surface area contributed by atoms with Gasteiger partial charge in [0.1, 0.15) is 12.6 Å². The Hall–Kier alpha value is -2.79. The van der Waals surface area contributed by atoms with Crippen molar-refractivity contribution in [3.8, 4) is 0 Å². The predicted octanol–water partition coefficient (Wildman–Crippen LogP) is 5.16. The van der Waals surface area contributed by atoms with Gasteiger partial charge in [-0.15, -0.1) is 0 Å². The molecule has 0 aliphatic rings. The predicted molar refractivity (Wildman–Crippen MR) is 142 cm³/mol. The summed E-state index contributed by atoms with van der Waals surface area (Å²) in [5.41, 5.74) is 0.0154. The lowest BCUT2D eigenvalue weighted by molar-refractivity contribution is -0.140. The van der Waals surface area contributed by atoms with Crippen LogP contribution in [0.1, 0.15) is 49.8 Å². The monoisotopic (exact) mass is 575 g/mol. The molecule has 0 bridgehead atoms. The Morgan fingerprint density at radius 1 is 1.11 bits per heavy atom. The van der Waals surface area contributed by atoms with Crippen molar-refractivity contribution in [2.24, 2.45) is 0 Å². The van der Waals surface area contributed by atoms with Crippen LogP contribution in [0.5, 0.6) is 0 Å². The van der Waals surface area contributed by atoms with Gasteiger partial charge in [0.2, 0.25) is 21.8 Å². The van der Waals surface area contributed by atoms with E-state index in [1.54, 1.807) is 19.1 Å². The van der Waals surface area contributed by atoms with Gasteiger partial charge in [0.05, 0.1) is 22.5 Å². The second kappa shape index (κ2) is 13.3. The fourth-order valence-electron chi connectivity index (χ4n) is 3.90. The van der Waals surface area contributed by atoms with Gasteiger partial charge in [0, 0.05) is 13.1 Å². The van der Waals surface area contributed by atoms with E-state index >= 15 is 0 Å². The summed E-state index contributed by atoms with van der Waals surface area (Å²) in [7, 11) is -4.20. The van der Waals surface area contributed by atoms with Crippen molar-refractivity contribution in [1.29, 1.82) is 0 Å². The van der Waals surface area contributed by atoms with Gasteiger partial charge in [-0.05, 0) is 49.1 Å². The van der Waals surface area contributed by atoms with Gasteiger partial charge < -0.3 is 10.2 Å². The molecule has 0 aromatic heterocycles. The number of aryl methyl sites for hydroxylation is 1. The molecule has 1 atom stereocenters. The molecule has 0 fully saturated rings. The SMILES string of the molecule is CCCCNC(=O)C(CC)N(Cc1ccccc1C)C(=O)CN(c1ccc(Cl)c(C(F)(F)F)c1)S(C)(=O)=O. The largest absolute Gasteiger partial charge is 0.417 e. The lowest BCUT2D eigenvalue weighted by atomic mass is 10.1. The van der Waals surface area contributed by atoms with Gasteiger partial charge in [-0.1, -0.05) is 56.1 Å². The number of anilines is 1. The molecular formula is C26H33ClF3N3O4S. The van der Waals surface area contributed by atoms with E-state index in [0.29, 0.717) is 16.9 Å². The van der Waals surface area contributed by atoms with Crippen molar-refractivity contribution in [2.75, 3.05) is 23.7 Å². The van der Waals surface area contributed by atoms with E-state index in [1.165, 1.54) is 4.90 Å². The van der Waals surface area contributed by atoms with Crippen LogP contribution in [0.15, 0.2) is 42.5 Å². The summed E-state index contributed by atoms with van der Waals surface area (Å²) >= 11 is 5.70. The number of carbonyl (C=O) groups excluding carboxylic acids is 2. The lowest BCUT2D eigenvalue weighted by Gasteiger charge is -2.33. The van der Waals surface area contributed by atoms with E-state index in [2.05, 4.69) is 5.32 Å². The van der Waals surface area contributed by atoms with Crippen molar-refractivity contribution < 1.29 is 31.2 Å². The van der Waals surface area contributed by atoms with E-state index < -0.39 is 45.3 Å². The van der Waals surface area contributed by atoms with E-state index in [9.17, 15) is 31.2 Å². The number of carbonyl (C=O) groups is 2. The first kappa shape index (κ1) is 31.4. The van der Waals surface area contributed by atoms with E-state index in [0.717, 1.165) is 42.4 Å². The topological polar surface area (TPSA) is 86.8 Å². The summed E-state index contributed by atoms with van der Waals surface area (Å²) < 4.78 is 66.3. The fourth-order valence-corrected chi connectivity index (χ4v) is 4.96. The zero-order valence-corrected chi connectivity index (χ0v) is 23.4. The number of amides is 2. The van der Waals surface area contributed by atoms with Gasteiger partial charge >= 0.3 is 6.18 Å². The Bertz CT molecular complexity index is 1240. The maximum absolute atomic E-state index is 13.7. The number of hydrogen-bond donors (Lipinski definition) is 1. The highest BCUT2D eigenvalue weighted by Gasteiger charge is 2.36. The summed E-state index contributed by atoms with van der Waals surface area (Å²) in [6.45, 7) is 5.16. The second-order valence-electron chi connectivity index (χ2n) is 8.95. The molecule has 0 radical (unpaired) electrons. The molecule has 0 saturated carbocycles. The molecule has 0 aliphatic carbocycles. The molecule has 7 nitrogen and oxygen atoms in total. The molecule has 2 aromatic carbocycles. The van der Waals surface area contributed by atoms with Gasteiger partial charge in [0.15, 0.2) is 0 Å². The van der Waals surface area contributed by atoms with Crippen LogP contribution in [-0.2, 0) is 32.3 Å². The standard InChI is InChI=1S/C26H33ClF3N3O4S/c1-5-7-14-31-25(35)23(6-2)32(16-19-11-9-8-10-18(19)3)24(34)17-33(38(4,36)37)20-12-13-22(27)21(15-20)26(28,29)30/h8-13,15,23H,5-7,14,16-17H2,1-4H3,(H,31,35). The van der Waals surface area contributed by atoms with E-state index in [-0.39, 0.29) is 24.6 Å². The van der Waals surface area contributed by atoms with Crippen LogP contribution in [0.25, 0.3) is 0 Å². The van der Waals surface area contributed by atoms with Gasteiger partial charge in [-0.25, -0.2) is 8.42 Å². The average molecular weight is 576 g/mol. The molecule has 0 saturated heterocycles. The number of nitrogens with zero attached hydrogens (tertiary/aromatic N) is 2. The van der Waals surface area contributed by atoms with Crippen LogP contribution in [0, 0.1) is 6.92 Å². The third-order valence-corrected chi connectivity index (χ3v) is 7.51. The van der Waals surface area contributed by atoms with Crippen LogP contribution in [0.4, 0.5) is 18.9 Å². The van der Waals surface area contributed by atoms with Gasteiger partial charge in [-0.3, -0.25) is 13.9 Å². The minimum atomic E-state index is -4.83. The highest BCUT2D eigenvalue weighted by atomic mass is 35.5. The third kappa shape index (κ3) is 8.36. The first-order chi connectivity index (χ1) is 17.7. The number of rotatable bonds is 12. The zero-order valence-electron chi connectivity index (χ0n) is 21.8. The third-order valence-electron chi connectivity index (χ3n) is 6.04. The number of halogens is 4. The fraction of sp³-hybridized carbons (Fsp3) is 0.462. The van der Waals surface area contributed by atoms with Gasteiger partial charge in [-0.2, -0.15) is 13.2 Å². The summed E-state index contributed by atoms with van der Waals surface area (Å²) in [5, 5.41) is 2.21. The molecule has 2 aromatic rings. The average Bonchev–Trinajstić information content (AvgIpc) is 2.82. The van der Waals surface area contributed by atoms with E-state index in [1.807, 2.05) is 26.0 Å². The van der Waals surface area contributed by atoms with Crippen LogP contribution >= 0.6 is 11.6 Å². The Kier molecular flexibility index (Phi) is 11.0. The molecule has 1 unspecified atom stereocenters. The Morgan fingerprint density at radius 3 is 2.32 bits per heavy atom. The Balaban J connectivity index is 2.50. The summed E-state index contributed by atoms with van der Waals surface area (Å²) in [6.07, 6.45) is -2.20. The molecular weight excluding hydrogens is 543 g/mol. The number of hydrogen-bond acceptors (Lipinski definition) is 4. The molecule has 1 N–H and O–H groups in total. The normalized spacial score (nSPS) is 12.6. The molecule has 0 spiro atoms. The summed E-state index contributed by atoms with van der Waals surface area (Å²) in [4.78, 5) is 28.0. The lowest BCUT2D eigenvalue weighted by Crippen LogP contribution is -2.52. The van der Waals surface area contributed by atoms with Crippen LogP contribution in [0.2, 0.25) is 5.02 Å². The second-order valence-corrected chi connectivity index (χ2v) is 11.3. The number of alkyl halides is 3. The molecule has 12 heteroatoms. The molecule has 2 rings (SSSR count). The van der Waals surface area contributed by atoms with Crippen molar-refractivity contribution in [1.82, 2.24) is 10.2 Å². The van der Waals surface area contributed by atoms with Crippen LogP contribution in [-0.4, -0.2) is 50.5 Å². The minimum Gasteiger partial charge on any atom is -0.354 e. The number of unbranched alkanes of at least 4 members (excludes halogenated alkanes) is 1. The highest BCUT2D eigenvalue weighted by Crippen LogP contribution is 2.37. The summed E-state index contributed by atoms with van der Waals surface area (Å²) in [5.74, 6) is -1.13. The number of benzene rings is 2. The Morgan fingerprint density at radius 2 is 1.76 bits per heavy atom. The minimum absolute atomic E-state index is 0.0111. The molecule has 210 valence electrons. The van der Waals surface area contributed by atoms with Crippen molar-refractivity contribution in [3.05, 3.63) is 64.2 Å². The van der Waals surface area contributed by atoms with E-state index in [4.69, 9.17) is 11.6 Å². The van der Waals surface area contributed by atoms with Gasteiger partial charge in [0.25, 0.3) is 0 Å². The molecule has 2 amide bonds. The number of sulfonamides is 1.